The molecule has 0 radical (unpaired) electrons. The van der Waals surface area contributed by atoms with Gasteiger partial charge in [-0.25, -0.2) is 10.2 Å². The molecule has 0 heterocycles. The molecule has 0 spiro atoms. The fraction of sp³-hybridized carbons (Fsp3) is 0.778. The van der Waals surface area contributed by atoms with Gasteiger partial charge in [-0.3, -0.25) is 0 Å². The van der Waals surface area contributed by atoms with E-state index in [0.29, 0.717) is 5.92 Å². The first-order valence-electron chi connectivity index (χ1n) is 4.89. The molecule has 2 aliphatic rings. The van der Waals surface area contributed by atoms with Crippen LogP contribution in [0.25, 0.3) is 0 Å². The monoisotopic (exact) mass is 181 g/mol. The van der Waals surface area contributed by atoms with Crippen molar-refractivity contribution >= 4 is 11.7 Å². The standard InChI is InChI=1S/C9H15N3O/c10-9(13)12-11-8-5-4-6-2-1-3-7(6)8/h6-7H,1-5H2,(H3,10,12,13)/b11-8+. The van der Waals surface area contributed by atoms with E-state index < -0.39 is 6.03 Å². The van der Waals surface area contributed by atoms with E-state index in [-0.39, 0.29) is 0 Å². The number of nitrogens with two attached hydrogens (primary N) is 1. The number of carbonyl (C=O) groups excluding carboxylic acids is 1. The van der Waals surface area contributed by atoms with Gasteiger partial charge in [-0.2, -0.15) is 5.10 Å². The van der Waals surface area contributed by atoms with E-state index in [1.54, 1.807) is 0 Å². The summed E-state index contributed by atoms with van der Waals surface area (Å²) in [7, 11) is 0. The molecule has 0 saturated heterocycles. The summed E-state index contributed by atoms with van der Waals surface area (Å²) in [6, 6.07) is -0.561. The van der Waals surface area contributed by atoms with Crippen LogP contribution in [0, 0.1) is 11.8 Å². The van der Waals surface area contributed by atoms with E-state index in [0.717, 1.165) is 18.1 Å². The lowest BCUT2D eigenvalue weighted by molar-refractivity contribution is 0.249. The van der Waals surface area contributed by atoms with Crippen LogP contribution in [0.1, 0.15) is 32.1 Å². The molecule has 72 valence electrons. The van der Waals surface area contributed by atoms with Gasteiger partial charge in [-0.05, 0) is 31.6 Å². The van der Waals surface area contributed by atoms with Crippen LogP contribution in [-0.4, -0.2) is 11.7 Å². The smallest absolute Gasteiger partial charge is 0.332 e. The van der Waals surface area contributed by atoms with Crippen LogP contribution in [0.15, 0.2) is 5.10 Å². The molecule has 2 aliphatic carbocycles. The average molecular weight is 181 g/mol. The molecule has 13 heavy (non-hydrogen) atoms. The van der Waals surface area contributed by atoms with Crippen molar-refractivity contribution in [3.8, 4) is 0 Å². The van der Waals surface area contributed by atoms with Crippen LogP contribution in [0.3, 0.4) is 0 Å². The molecule has 0 aromatic carbocycles. The van der Waals surface area contributed by atoms with Crippen LogP contribution in [-0.2, 0) is 0 Å². The van der Waals surface area contributed by atoms with E-state index in [4.69, 9.17) is 5.73 Å². The molecule has 2 unspecified atom stereocenters. The Morgan fingerprint density at radius 1 is 1.46 bits per heavy atom. The summed E-state index contributed by atoms with van der Waals surface area (Å²) < 4.78 is 0. The van der Waals surface area contributed by atoms with E-state index in [2.05, 4.69) is 10.5 Å². The number of hydrazone groups is 1. The van der Waals surface area contributed by atoms with Crippen molar-refractivity contribution in [1.82, 2.24) is 5.43 Å². The minimum atomic E-state index is -0.561. The molecule has 2 rings (SSSR count). The van der Waals surface area contributed by atoms with E-state index in [1.165, 1.54) is 25.7 Å². The molecule has 2 saturated carbocycles. The SMILES string of the molecule is NC(=O)N/N=C1\CCC2CCCC12. The number of hydrogen-bond acceptors (Lipinski definition) is 2. The maximum atomic E-state index is 10.5. The summed E-state index contributed by atoms with van der Waals surface area (Å²) in [5, 5.41) is 4.06. The fourth-order valence-electron chi connectivity index (χ4n) is 2.61. The Labute approximate surface area is 77.6 Å². The van der Waals surface area contributed by atoms with Gasteiger partial charge in [0, 0.05) is 11.6 Å². The third-order valence-corrected chi connectivity index (χ3v) is 3.17. The number of nitrogens with one attached hydrogen (secondary N) is 1. The van der Waals surface area contributed by atoms with Gasteiger partial charge in [-0.1, -0.05) is 6.42 Å². The van der Waals surface area contributed by atoms with Gasteiger partial charge >= 0.3 is 6.03 Å². The van der Waals surface area contributed by atoms with Gasteiger partial charge in [0.25, 0.3) is 0 Å². The lowest BCUT2D eigenvalue weighted by atomic mass is 10.00. The van der Waals surface area contributed by atoms with Crippen LogP contribution in [0.4, 0.5) is 4.79 Å². The highest BCUT2D eigenvalue weighted by atomic mass is 16.2. The number of rotatable bonds is 1. The zero-order valence-corrected chi connectivity index (χ0v) is 7.62. The summed E-state index contributed by atoms with van der Waals surface area (Å²) >= 11 is 0. The minimum absolute atomic E-state index is 0.561. The quantitative estimate of drug-likeness (QED) is 0.587. The number of carbonyl (C=O) groups is 1. The Morgan fingerprint density at radius 2 is 2.31 bits per heavy atom. The highest BCUT2D eigenvalue weighted by Gasteiger charge is 2.36. The van der Waals surface area contributed by atoms with Gasteiger partial charge in [-0.15, -0.1) is 0 Å². The van der Waals surface area contributed by atoms with E-state index in [1.807, 2.05) is 0 Å². The number of amides is 2. The molecule has 2 atom stereocenters. The third-order valence-electron chi connectivity index (χ3n) is 3.17. The Balaban J connectivity index is 2.00. The van der Waals surface area contributed by atoms with Crippen molar-refractivity contribution < 1.29 is 4.79 Å². The first kappa shape index (κ1) is 8.53. The second-order valence-corrected chi connectivity index (χ2v) is 3.92. The van der Waals surface area contributed by atoms with E-state index >= 15 is 0 Å². The van der Waals surface area contributed by atoms with Gasteiger partial charge in [0.2, 0.25) is 0 Å². The lowest BCUT2D eigenvalue weighted by Gasteiger charge is -2.08. The number of fused-ring (bicyclic) bond motifs is 1. The van der Waals surface area contributed by atoms with Gasteiger partial charge in [0.15, 0.2) is 0 Å². The van der Waals surface area contributed by atoms with Crippen molar-refractivity contribution in [2.24, 2.45) is 22.7 Å². The Hall–Kier alpha value is -1.06. The summed E-state index contributed by atoms with van der Waals surface area (Å²) in [6.07, 6.45) is 6.16. The molecule has 0 aromatic heterocycles. The number of nitrogens with zero attached hydrogens (tertiary/aromatic N) is 1. The van der Waals surface area contributed by atoms with Crippen molar-refractivity contribution in [2.45, 2.75) is 32.1 Å². The number of hydrogen-bond donors (Lipinski definition) is 2. The summed E-state index contributed by atoms with van der Waals surface area (Å²) in [4.78, 5) is 10.5. The van der Waals surface area contributed by atoms with E-state index in [9.17, 15) is 4.79 Å². The second-order valence-electron chi connectivity index (χ2n) is 3.92. The molecular weight excluding hydrogens is 166 g/mol. The first-order valence-corrected chi connectivity index (χ1v) is 4.89. The zero-order valence-electron chi connectivity index (χ0n) is 7.62. The predicted octanol–water partition coefficient (Wildman–Crippen LogP) is 1.22. The summed E-state index contributed by atoms with van der Waals surface area (Å²) in [6.45, 7) is 0. The molecule has 0 bridgehead atoms. The molecular formula is C9H15N3O. The predicted molar refractivity (Wildman–Crippen MR) is 50.2 cm³/mol. The largest absolute Gasteiger partial charge is 0.350 e. The highest BCUT2D eigenvalue weighted by Crippen LogP contribution is 2.42. The Kier molecular flexibility index (Phi) is 2.20. The maximum absolute atomic E-state index is 10.5. The van der Waals surface area contributed by atoms with Crippen molar-refractivity contribution in [3.05, 3.63) is 0 Å². The minimum Gasteiger partial charge on any atom is -0.350 e. The molecule has 4 heteroatoms. The Bertz CT molecular complexity index is 249. The number of urea groups is 1. The van der Waals surface area contributed by atoms with Crippen molar-refractivity contribution in [1.29, 1.82) is 0 Å². The van der Waals surface area contributed by atoms with Crippen LogP contribution in [0.5, 0.6) is 0 Å². The summed E-state index contributed by atoms with van der Waals surface area (Å²) in [5.74, 6) is 1.46. The van der Waals surface area contributed by atoms with Gasteiger partial charge < -0.3 is 5.73 Å². The lowest BCUT2D eigenvalue weighted by Crippen LogP contribution is -2.26. The molecule has 0 aliphatic heterocycles. The fourth-order valence-corrected chi connectivity index (χ4v) is 2.61. The summed E-state index contributed by atoms with van der Waals surface area (Å²) in [5.41, 5.74) is 8.43. The zero-order chi connectivity index (χ0) is 9.26. The Morgan fingerprint density at radius 3 is 3.08 bits per heavy atom. The van der Waals surface area contributed by atoms with Crippen LogP contribution < -0.4 is 11.2 Å². The number of primary amides is 1. The maximum Gasteiger partial charge on any atom is 0.332 e. The van der Waals surface area contributed by atoms with Gasteiger partial charge in [0.05, 0.1) is 0 Å². The van der Waals surface area contributed by atoms with Gasteiger partial charge in [0.1, 0.15) is 0 Å². The molecule has 0 aromatic rings. The molecule has 2 amide bonds. The van der Waals surface area contributed by atoms with Crippen molar-refractivity contribution in [2.75, 3.05) is 0 Å². The average Bonchev–Trinajstić information content (AvgIpc) is 2.60. The van der Waals surface area contributed by atoms with Crippen molar-refractivity contribution in [3.63, 3.8) is 0 Å². The second kappa shape index (κ2) is 3.36. The first-order chi connectivity index (χ1) is 6.27. The van der Waals surface area contributed by atoms with Crippen LogP contribution in [0.2, 0.25) is 0 Å². The third kappa shape index (κ3) is 1.66. The molecule has 2 fully saturated rings. The highest BCUT2D eigenvalue weighted by molar-refractivity contribution is 5.90. The topological polar surface area (TPSA) is 67.5 Å². The molecule has 3 N–H and O–H groups in total. The van der Waals surface area contributed by atoms with Crippen LogP contribution >= 0.6 is 0 Å². The normalized spacial score (nSPS) is 34.9. The molecule has 4 nitrogen and oxygen atoms in total.